The lowest BCUT2D eigenvalue weighted by molar-refractivity contribution is 0.102. The van der Waals surface area contributed by atoms with E-state index >= 15 is 0 Å². The molecular formula is C25H23N3O3. The number of nitrogens with one attached hydrogen (secondary N) is 3. The Labute approximate surface area is 181 Å². The minimum Gasteiger partial charge on any atom is -0.481 e. The van der Waals surface area contributed by atoms with Crippen LogP contribution in [-0.2, 0) is 6.42 Å². The van der Waals surface area contributed by atoms with Crippen molar-refractivity contribution in [3.8, 4) is 18.1 Å². The number of hydrogen-bond donors (Lipinski definition) is 3. The van der Waals surface area contributed by atoms with E-state index in [9.17, 15) is 9.59 Å². The molecule has 0 aliphatic rings. The Morgan fingerprint density at radius 3 is 2.29 bits per heavy atom. The van der Waals surface area contributed by atoms with Crippen LogP contribution in [0.25, 0.3) is 0 Å². The van der Waals surface area contributed by atoms with Gasteiger partial charge in [-0.15, -0.1) is 6.42 Å². The molecule has 3 amide bonds. The third-order valence-electron chi connectivity index (χ3n) is 4.36. The summed E-state index contributed by atoms with van der Waals surface area (Å²) >= 11 is 0. The number of amides is 3. The van der Waals surface area contributed by atoms with Crippen LogP contribution < -0.4 is 20.7 Å². The van der Waals surface area contributed by atoms with Crippen LogP contribution in [0.2, 0.25) is 0 Å². The van der Waals surface area contributed by atoms with E-state index in [1.165, 1.54) is 0 Å². The Bertz CT molecular complexity index is 1060. The van der Waals surface area contributed by atoms with Crippen LogP contribution in [-0.4, -0.2) is 25.1 Å². The predicted molar refractivity (Wildman–Crippen MR) is 122 cm³/mol. The molecule has 0 fully saturated rings. The van der Waals surface area contributed by atoms with E-state index in [0.29, 0.717) is 35.7 Å². The molecule has 3 N–H and O–H groups in total. The standard InChI is InChI=1S/C25H23N3O3/c1-2-17-31-23-13-11-19(12-14-23)15-16-26-25(30)28-22-10-6-9-21(18-22)27-24(29)20-7-4-3-5-8-20/h1,3-14,18H,15-17H2,(H,27,29)(H2,26,28,30). The maximum atomic E-state index is 12.3. The van der Waals surface area contributed by atoms with Crippen LogP contribution >= 0.6 is 0 Å². The van der Waals surface area contributed by atoms with Crippen molar-refractivity contribution < 1.29 is 14.3 Å². The lowest BCUT2D eigenvalue weighted by Crippen LogP contribution is -2.30. The molecule has 0 heterocycles. The second-order valence-corrected chi connectivity index (χ2v) is 6.67. The fourth-order valence-electron chi connectivity index (χ4n) is 2.84. The molecule has 0 aromatic heterocycles. The minimum atomic E-state index is -0.319. The number of terminal acetylenes is 1. The fraction of sp³-hybridized carbons (Fsp3) is 0.120. The summed E-state index contributed by atoms with van der Waals surface area (Å²) in [6, 6.07) is 23.2. The van der Waals surface area contributed by atoms with Crippen molar-refractivity contribution in [3.63, 3.8) is 0 Å². The highest BCUT2D eigenvalue weighted by molar-refractivity contribution is 6.04. The molecule has 6 nitrogen and oxygen atoms in total. The van der Waals surface area contributed by atoms with Crippen molar-refractivity contribution >= 4 is 23.3 Å². The summed E-state index contributed by atoms with van der Waals surface area (Å²) in [5.74, 6) is 2.92. The Morgan fingerprint density at radius 1 is 0.871 bits per heavy atom. The summed E-state index contributed by atoms with van der Waals surface area (Å²) in [5.41, 5.74) is 2.81. The lowest BCUT2D eigenvalue weighted by Gasteiger charge is -2.10. The van der Waals surface area contributed by atoms with E-state index in [0.717, 1.165) is 5.56 Å². The molecule has 0 saturated heterocycles. The van der Waals surface area contributed by atoms with Gasteiger partial charge in [0, 0.05) is 23.5 Å². The number of benzene rings is 3. The number of hydrogen-bond acceptors (Lipinski definition) is 3. The topological polar surface area (TPSA) is 79.5 Å². The Balaban J connectivity index is 1.45. The quantitative estimate of drug-likeness (QED) is 0.481. The number of ether oxygens (including phenoxy) is 1. The Hall–Kier alpha value is -4.24. The van der Waals surface area contributed by atoms with Gasteiger partial charge in [-0.3, -0.25) is 4.79 Å². The molecule has 3 rings (SSSR count). The van der Waals surface area contributed by atoms with Gasteiger partial charge in [-0.1, -0.05) is 42.3 Å². The molecule has 0 bridgehead atoms. The van der Waals surface area contributed by atoms with E-state index in [-0.39, 0.29) is 18.5 Å². The van der Waals surface area contributed by atoms with E-state index < -0.39 is 0 Å². The molecule has 0 saturated carbocycles. The van der Waals surface area contributed by atoms with E-state index in [2.05, 4.69) is 21.9 Å². The summed E-state index contributed by atoms with van der Waals surface area (Å²) in [4.78, 5) is 24.5. The molecule has 6 heteroatoms. The zero-order chi connectivity index (χ0) is 21.9. The van der Waals surface area contributed by atoms with Gasteiger partial charge in [-0.25, -0.2) is 4.79 Å². The maximum Gasteiger partial charge on any atom is 0.319 e. The number of urea groups is 1. The summed E-state index contributed by atoms with van der Waals surface area (Å²) in [7, 11) is 0. The van der Waals surface area contributed by atoms with Crippen molar-refractivity contribution in [2.45, 2.75) is 6.42 Å². The first-order valence-corrected chi connectivity index (χ1v) is 9.80. The van der Waals surface area contributed by atoms with Gasteiger partial charge in [0.15, 0.2) is 0 Å². The van der Waals surface area contributed by atoms with Gasteiger partial charge < -0.3 is 20.7 Å². The van der Waals surface area contributed by atoms with Crippen LogP contribution in [0.3, 0.4) is 0 Å². The molecule has 3 aromatic rings. The van der Waals surface area contributed by atoms with Crippen LogP contribution in [0.1, 0.15) is 15.9 Å². The first kappa shape index (κ1) is 21.5. The summed E-state index contributed by atoms with van der Waals surface area (Å²) < 4.78 is 5.34. The Morgan fingerprint density at radius 2 is 1.58 bits per heavy atom. The summed E-state index contributed by atoms with van der Waals surface area (Å²) in [6.45, 7) is 0.707. The molecule has 0 aliphatic heterocycles. The van der Waals surface area contributed by atoms with Gasteiger partial charge in [-0.2, -0.15) is 0 Å². The first-order chi connectivity index (χ1) is 15.1. The third kappa shape index (κ3) is 6.94. The molecular weight excluding hydrogens is 390 g/mol. The second kappa shape index (κ2) is 11.1. The van der Waals surface area contributed by atoms with Gasteiger partial charge in [0.25, 0.3) is 5.91 Å². The van der Waals surface area contributed by atoms with Crippen molar-refractivity contribution in [2.75, 3.05) is 23.8 Å². The van der Waals surface area contributed by atoms with E-state index in [4.69, 9.17) is 11.2 Å². The molecule has 0 spiro atoms. The van der Waals surface area contributed by atoms with E-state index in [1.54, 1.807) is 48.5 Å². The SMILES string of the molecule is C#CCOc1ccc(CCNC(=O)Nc2cccc(NC(=O)c3ccccc3)c2)cc1. The zero-order valence-corrected chi connectivity index (χ0v) is 16.9. The van der Waals surface area contributed by atoms with Crippen molar-refractivity contribution in [1.82, 2.24) is 5.32 Å². The third-order valence-corrected chi connectivity index (χ3v) is 4.36. The number of carbonyl (C=O) groups excluding carboxylic acids is 2. The van der Waals surface area contributed by atoms with Crippen molar-refractivity contribution in [3.05, 3.63) is 90.0 Å². The second-order valence-electron chi connectivity index (χ2n) is 6.67. The van der Waals surface area contributed by atoms with Crippen LogP contribution in [0.4, 0.5) is 16.2 Å². The summed E-state index contributed by atoms with van der Waals surface area (Å²) in [5, 5.41) is 8.42. The van der Waals surface area contributed by atoms with Crippen molar-refractivity contribution in [1.29, 1.82) is 0 Å². The van der Waals surface area contributed by atoms with Crippen LogP contribution in [0, 0.1) is 12.3 Å². The maximum absolute atomic E-state index is 12.3. The fourth-order valence-corrected chi connectivity index (χ4v) is 2.84. The highest BCUT2D eigenvalue weighted by Gasteiger charge is 2.07. The molecule has 0 aliphatic carbocycles. The molecule has 0 radical (unpaired) electrons. The predicted octanol–water partition coefficient (Wildman–Crippen LogP) is 4.32. The largest absolute Gasteiger partial charge is 0.481 e. The average Bonchev–Trinajstić information content (AvgIpc) is 2.79. The molecule has 3 aromatic carbocycles. The zero-order valence-electron chi connectivity index (χ0n) is 16.9. The molecule has 156 valence electrons. The minimum absolute atomic E-state index is 0.210. The molecule has 0 unspecified atom stereocenters. The normalized spacial score (nSPS) is 9.90. The summed E-state index contributed by atoms with van der Waals surface area (Å²) in [6.07, 6.45) is 5.85. The number of anilines is 2. The van der Waals surface area contributed by atoms with Gasteiger partial charge >= 0.3 is 6.03 Å². The number of rotatable bonds is 8. The van der Waals surface area contributed by atoms with E-state index in [1.807, 2.05) is 30.3 Å². The van der Waals surface area contributed by atoms with Gasteiger partial charge in [0.1, 0.15) is 12.4 Å². The van der Waals surface area contributed by atoms with Crippen LogP contribution in [0.15, 0.2) is 78.9 Å². The smallest absolute Gasteiger partial charge is 0.319 e. The van der Waals surface area contributed by atoms with Gasteiger partial charge in [0.05, 0.1) is 0 Å². The van der Waals surface area contributed by atoms with Crippen LogP contribution in [0.5, 0.6) is 5.75 Å². The lowest BCUT2D eigenvalue weighted by atomic mass is 10.1. The highest BCUT2D eigenvalue weighted by Crippen LogP contribution is 2.16. The number of carbonyl (C=O) groups is 2. The van der Waals surface area contributed by atoms with Gasteiger partial charge in [-0.05, 0) is 54.4 Å². The Kier molecular flexibility index (Phi) is 7.67. The first-order valence-electron chi connectivity index (χ1n) is 9.80. The van der Waals surface area contributed by atoms with Crippen molar-refractivity contribution in [2.24, 2.45) is 0 Å². The average molecular weight is 413 g/mol. The molecule has 0 atom stereocenters. The highest BCUT2D eigenvalue weighted by atomic mass is 16.5. The van der Waals surface area contributed by atoms with Gasteiger partial charge in [0.2, 0.25) is 0 Å². The monoisotopic (exact) mass is 413 g/mol. The molecule has 31 heavy (non-hydrogen) atoms.